The lowest BCUT2D eigenvalue weighted by Crippen LogP contribution is -2.36. The highest BCUT2D eigenvalue weighted by Crippen LogP contribution is 2.54. The Balaban J connectivity index is 1.42. The molecule has 2 aliphatic heterocycles. The number of alkyl halides is 6. The molecule has 3 aromatic rings. The van der Waals surface area contributed by atoms with Crippen LogP contribution in [0.1, 0.15) is 52.4 Å². The number of fused-ring (bicyclic) bond motifs is 1. The highest BCUT2D eigenvalue weighted by Gasteiger charge is 2.52. The molecule has 3 heterocycles. The van der Waals surface area contributed by atoms with Crippen molar-refractivity contribution in [1.82, 2.24) is 9.88 Å². The third-order valence-electron chi connectivity index (χ3n) is 9.04. The SMILES string of the molecule is COc1ncc(-c2ccc(C(=O)O)cc2C)cc1-c1ccc(C(F)(F)F)cc1[C@@H]1CC[C@H]2[C@@H](C3C=C(F)C=C(C(F)(F)F)C3)SC(=O)N12. The van der Waals surface area contributed by atoms with Crippen molar-refractivity contribution in [1.29, 1.82) is 0 Å². The summed E-state index contributed by atoms with van der Waals surface area (Å²) in [4.78, 5) is 30.8. The second-order valence-electron chi connectivity index (χ2n) is 11.9. The van der Waals surface area contributed by atoms with Crippen LogP contribution in [0, 0.1) is 12.8 Å². The maximum absolute atomic E-state index is 14.4. The minimum Gasteiger partial charge on any atom is -0.481 e. The predicted octanol–water partition coefficient (Wildman–Crippen LogP) is 9.55. The summed E-state index contributed by atoms with van der Waals surface area (Å²) in [6.07, 6.45) is -6.48. The number of rotatable bonds is 6. The number of hydrogen-bond donors (Lipinski definition) is 1. The average Bonchev–Trinajstić information content (AvgIpc) is 3.60. The molecule has 4 atom stereocenters. The molecule has 2 saturated heterocycles. The van der Waals surface area contributed by atoms with E-state index in [-0.39, 0.29) is 29.8 Å². The number of benzene rings is 2. The number of carboxylic acid groups (broad SMARTS) is 1. The van der Waals surface area contributed by atoms with Crippen molar-refractivity contribution in [2.75, 3.05) is 7.11 Å². The van der Waals surface area contributed by atoms with E-state index in [2.05, 4.69) is 4.98 Å². The lowest BCUT2D eigenvalue weighted by Gasteiger charge is -2.30. The maximum atomic E-state index is 14.4. The van der Waals surface area contributed by atoms with Crippen LogP contribution in [0.4, 0.5) is 35.5 Å². The van der Waals surface area contributed by atoms with Crippen LogP contribution in [0.2, 0.25) is 0 Å². The number of aryl methyl sites for hydroxylation is 1. The number of pyridine rings is 1. The molecule has 1 amide bonds. The monoisotopic (exact) mass is 692 g/mol. The van der Waals surface area contributed by atoms with Crippen LogP contribution >= 0.6 is 11.8 Å². The van der Waals surface area contributed by atoms with Crippen molar-refractivity contribution in [2.45, 2.75) is 55.9 Å². The van der Waals surface area contributed by atoms with Gasteiger partial charge in [0, 0.05) is 34.2 Å². The molecule has 3 aliphatic rings. The summed E-state index contributed by atoms with van der Waals surface area (Å²) in [6.45, 7) is 1.71. The van der Waals surface area contributed by atoms with Gasteiger partial charge >= 0.3 is 18.3 Å². The van der Waals surface area contributed by atoms with E-state index >= 15 is 0 Å². The van der Waals surface area contributed by atoms with Gasteiger partial charge in [-0.15, -0.1) is 0 Å². The van der Waals surface area contributed by atoms with Crippen LogP contribution in [-0.4, -0.2) is 50.8 Å². The highest BCUT2D eigenvalue weighted by atomic mass is 32.2. The molecule has 0 saturated carbocycles. The first kappa shape index (κ1) is 33.6. The number of thioether (sulfide) groups is 1. The summed E-state index contributed by atoms with van der Waals surface area (Å²) in [6, 6.07) is 7.81. The lowest BCUT2D eigenvalue weighted by atomic mass is 9.87. The Morgan fingerprint density at radius 1 is 1.00 bits per heavy atom. The Labute approximate surface area is 274 Å². The van der Waals surface area contributed by atoms with Crippen LogP contribution < -0.4 is 4.74 Å². The molecule has 6 rings (SSSR count). The van der Waals surface area contributed by atoms with Crippen molar-refractivity contribution in [3.8, 4) is 28.1 Å². The van der Waals surface area contributed by atoms with E-state index in [0.29, 0.717) is 33.9 Å². The molecule has 1 N–H and O–H groups in total. The summed E-state index contributed by atoms with van der Waals surface area (Å²) in [5.41, 5.74) is 0.607. The van der Waals surface area contributed by atoms with Gasteiger partial charge in [-0.25, -0.2) is 14.2 Å². The van der Waals surface area contributed by atoms with Crippen molar-refractivity contribution in [3.63, 3.8) is 0 Å². The molecular weight excluding hydrogens is 665 g/mol. The molecule has 2 aromatic carbocycles. The van der Waals surface area contributed by atoms with Gasteiger partial charge in [0.1, 0.15) is 5.83 Å². The van der Waals surface area contributed by atoms with E-state index in [9.17, 15) is 45.4 Å². The Kier molecular flexibility index (Phi) is 8.59. The normalized spacial score (nSPS) is 22.8. The van der Waals surface area contributed by atoms with E-state index in [4.69, 9.17) is 4.74 Å². The van der Waals surface area contributed by atoms with Gasteiger partial charge in [0.2, 0.25) is 5.88 Å². The van der Waals surface area contributed by atoms with Crippen LogP contribution in [-0.2, 0) is 6.18 Å². The zero-order valence-corrected chi connectivity index (χ0v) is 26.1. The summed E-state index contributed by atoms with van der Waals surface area (Å²) in [5.74, 6) is -3.02. The number of aromatic carboxylic acids is 1. The van der Waals surface area contributed by atoms with Crippen LogP contribution in [0.25, 0.3) is 22.3 Å². The summed E-state index contributed by atoms with van der Waals surface area (Å²) < 4.78 is 103. The molecule has 0 radical (unpaired) electrons. The van der Waals surface area contributed by atoms with E-state index in [1.54, 1.807) is 19.1 Å². The third kappa shape index (κ3) is 6.17. The molecular formula is C34H27F7N2O4S. The fourth-order valence-electron chi connectivity index (χ4n) is 6.89. The highest BCUT2D eigenvalue weighted by molar-refractivity contribution is 8.14. The molecule has 14 heteroatoms. The summed E-state index contributed by atoms with van der Waals surface area (Å²) in [7, 11) is 1.35. The zero-order chi connectivity index (χ0) is 34.7. The minimum absolute atomic E-state index is 0.0716. The van der Waals surface area contributed by atoms with Gasteiger partial charge in [0.15, 0.2) is 0 Å². The number of methoxy groups -OCH3 is 1. The maximum Gasteiger partial charge on any atom is 0.416 e. The largest absolute Gasteiger partial charge is 0.481 e. The van der Waals surface area contributed by atoms with Gasteiger partial charge in [-0.1, -0.05) is 23.9 Å². The van der Waals surface area contributed by atoms with Crippen LogP contribution in [0.5, 0.6) is 5.88 Å². The van der Waals surface area contributed by atoms with Gasteiger partial charge in [-0.05, 0) is 96.8 Å². The molecule has 2 fully saturated rings. The topological polar surface area (TPSA) is 79.7 Å². The van der Waals surface area contributed by atoms with E-state index in [1.165, 1.54) is 36.4 Å². The molecule has 6 nitrogen and oxygen atoms in total. The number of carbonyl (C=O) groups excluding carboxylic acids is 1. The number of allylic oxidation sites excluding steroid dienone is 4. The first-order valence-corrected chi connectivity index (χ1v) is 15.7. The van der Waals surface area contributed by atoms with Gasteiger partial charge < -0.3 is 14.7 Å². The molecule has 252 valence electrons. The predicted molar refractivity (Wildman–Crippen MR) is 164 cm³/mol. The van der Waals surface area contributed by atoms with Crippen molar-refractivity contribution < 1.29 is 50.2 Å². The quantitative estimate of drug-likeness (QED) is 0.259. The first-order chi connectivity index (χ1) is 22.6. The number of carbonyl (C=O) groups is 2. The lowest BCUT2D eigenvalue weighted by molar-refractivity contribution is -0.137. The molecule has 1 aliphatic carbocycles. The summed E-state index contributed by atoms with van der Waals surface area (Å²) >= 11 is 0.781. The number of aromatic nitrogens is 1. The molecule has 1 unspecified atom stereocenters. The van der Waals surface area contributed by atoms with Gasteiger partial charge in [-0.2, -0.15) is 26.3 Å². The molecule has 0 spiro atoms. The first-order valence-electron chi connectivity index (χ1n) is 14.8. The second kappa shape index (κ2) is 12.3. The van der Waals surface area contributed by atoms with E-state index < -0.39 is 70.2 Å². The standard InChI is InChI=1S/C34H27F7N2O4S/c1-16-9-17(31(44)45)3-5-23(16)19-12-26(30(47-2)42-15-19)24-6-4-20(33(36,37)38)14-25(24)27-7-8-28-29(48-32(46)43(27)28)18-10-21(34(39,40)41)13-22(35)11-18/h3-6,9,11-15,18,27-29H,7-8,10H2,1-2H3,(H,44,45)/t18?,27-,28-,29+/m0/s1. The Morgan fingerprint density at radius 3 is 2.38 bits per heavy atom. The Morgan fingerprint density at radius 2 is 1.73 bits per heavy atom. The van der Waals surface area contributed by atoms with Gasteiger partial charge in [-0.3, -0.25) is 4.79 Å². The van der Waals surface area contributed by atoms with Gasteiger partial charge in [0.05, 0.1) is 24.3 Å². The zero-order valence-electron chi connectivity index (χ0n) is 25.3. The number of amides is 1. The second-order valence-corrected chi connectivity index (χ2v) is 13.0. The fourth-order valence-corrected chi connectivity index (χ4v) is 8.28. The molecule has 0 bridgehead atoms. The van der Waals surface area contributed by atoms with Crippen molar-refractivity contribution in [2.24, 2.45) is 5.92 Å². The molecule has 1 aromatic heterocycles. The molecule has 48 heavy (non-hydrogen) atoms. The van der Waals surface area contributed by atoms with E-state index in [1.807, 2.05) is 0 Å². The third-order valence-corrected chi connectivity index (χ3v) is 10.4. The number of nitrogens with zero attached hydrogens (tertiary/aromatic N) is 2. The van der Waals surface area contributed by atoms with Crippen LogP contribution in [0.15, 0.2) is 72.2 Å². The van der Waals surface area contributed by atoms with Crippen LogP contribution in [0.3, 0.4) is 0 Å². The van der Waals surface area contributed by atoms with Crippen molar-refractivity contribution in [3.05, 3.63) is 94.5 Å². The number of halogens is 7. The van der Waals surface area contributed by atoms with E-state index in [0.717, 1.165) is 30.0 Å². The number of hydrogen-bond acceptors (Lipinski definition) is 5. The minimum atomic E-state index is -4.75. The smallest absolute Gasteiger partial charge is 0.416 e. The fraction of sp³-hybridized carbons (Fsp3) is 0.324. The number of carboxylic acids is 1. The summed E-state index contributed by atoms with van der Waals surface area (Å²) in [5, 5.41) is 8.11. The van der Waals surface area contributed by atoms with Gasteiger partial charge in [0.25, 0.3) is 5.24 Å². The number of ether oxygens (including phenoxy) is 1. The Bertz CT molecular complexity index is 1870. The average molecular weight is 693 g/mol. The van der Waals surface area contributed by atoms with Crippen molar-refractivity contribution >= 4 is 23.0 Å². The Hall–Kier alpha value is -4.33.